The zero-order valence-corrected chi connectivity index (χ0v) is 14.4. The highest BCUT2D eigenvalue weighted by Gasteiger charge is 2.16. The largest absolute Gasteiger partial charge is 0.361 e. The van der Waals surface area contributed by atoms with Gasteiger partial charge in [-0.2, -0.15) is 0 Å². The normalized spacial score (nSPS) is 16.6. The Labute approximate surface area is 122 Å². The SMILES string of the molecule is CCC[SiH2]CS(=O)(=O)c1ccc(N2CCSC2)cc1. The van der Waals surface area contributed by atoms with Gasteiger partial charge in [-0.25, -0.2) is 8.42 Å². The van der Waals surface area contributed by atoms with Crippen LogP contribution >= 0.6 is 11.8 Å². The Morgan fingerprint density at radius 2 is 2.05 bits per heavy atom. The summed E-state index contributed by atoms with van der Waals surface area (Å²) >= 11 is 1.91. The molecule has 0 unspecified atom stereocenters. The molecule has 0 spiro atoms. The van der Waals surface area contributed by atoms with E-state index in [1.165, 1.54) is 0 Å². The Bertz CT molecular complexity index is 496. The fourth-order valence-electron chi connectivity index (χ4n) is 2.14. The molecule has 0 amide bonds. The highest BCUT2D eigenvalue weighted by Crippen LogP contribution is 2.24. The van der Waals surface area contributed by atoms with Gasteiger partial charge in [0.2, 0.25) is 0 Å². The van der Waals surface area contributed by atoms with Gasteiger partial charge in [-0.05, 0) is 24.3 Å². The van der Waals surface area contributed by atoms with Gasteiger partial charge in [0.1, 0.15) is 0 Å². The molecule has 6 heteroatoms. The van der Waals surface area contributed by atoms with E-state index in [0.717, 1.165) is 36.3 Å². The number of hydrogen-bond acceptors (Lipinski definition) is 4. The Balaban J connectivity index is 2.04. The molecule has 19 heavy (non-hydrogen) atoms. The average Bonchev–Trinajstić information content (AvgIpc) is 2.93. The minimum absolute atomic E-state index is 0.403. The molecule has 0 radical (unpaired) electrons. The molecule has 1 aliphatic heterocycles. The molecular formula is C13H21NO2S2Si. The van der Waals surface area contributed by atoms with Crippen molar-refractivity contribution in [3.8, 4) is 0 Å². The number of sulfone groups is 1. The summed E-state index contributed by atoms with van der Waals surface area (Å²) in [6.45, 7) is 3.17. The lowest BCUT2D eigenvalue weighted by atomic mass is 10.3. The van der Waals surface area contributed by atoms with Crippen molar-refractivity contribution in [2.24, 2.45) is 0 Å². The van der Waals surface area contributed by atoms with E-state index in [-0.39, 0.29) is 0 Å². The van der Waals surface area contributed by atoms with Crippen LogP contribution in [0.25, 0.3) is 0 Å². The first-order chi connectivity index (χ1) is 9.13. The van der Waals surface area contributed by atoms with Crippen LogP contribution in [0.3, 0.4) is 0 Å². The topological polar surface area (TPSA) is 37.4 Å². The van der Waals surface area contributed by atoms with Crippen LogP contribution in [0.4, 0.5) is 5.69 Å². The number of rotatable bonds is 6. The lowest BCUT2D eigenvalue weighted by Crippen LogP contribution is -2.18. The van der Waals surface area contributed by atoms with Gasteiger partial charge >= 0.3 is 0 Å². The molecule has 1 fully saturated rings. The maximum absolute atomic E-state index is 12.2. The maximum Gasteiger partial charge on any atom is 0.175 e. The first kappa shape index (κ1) is 14.9. The average molecular weight is 316 g/mol. The molecule has 0 bridgehead atoms. The smallest absolute Gasteiger partial charge is 0.175 e. The van der Waals surface area contributed by atoms with E-state index >= 15 is 0 Å². The summed E-state index contributed by atoms with van der Waals surface area (Å²) in [7, 11) is -3.50. The van der Waals surface area contributed by atoms with Crippen LogP contribution in [0.2, 0.25) is 6.04 Å². The monoisotopic (exact) mass is 315 g/mol. The predicted molar refractivity (Wildman–Crippen MR) is 86.8 cm³/mol. The molecular weight excluding hydrogens is 294 g/mol. The highest BCUT2D eigenvalue weighted by molar-refractivity contribution is 7.99. The van der Waals surface area contributed by atoms with Gasteiger partial charge in [0.05, 0.1) is 10.8 Å². The van der Waals surface area contributed by atoms with E-state index in [2.05, 4.69) is 11.8 Å². The zero-order valence-electron chi connectivity index (χ0n) is 11.3. The van der Waals surface area contributed by atoms with E-state index in [1.54, 1.807) is 12.1 Å². The van der Waals surface area contributed by atoms with Crippen molar-refractivity contribution < 1.29 is 8.42 Å². The van der Waals surface area contributed by atoms with E-state index in [1.807, 2.05) is 23.9 Å². The summed E-state index contributed by atoms with van der Waals surface area (Å²) in [4.78, 5) is 2.78. The van der Waals surface area contributed by atoms with Gasteiger partial charge in [-0.15, -0.1) is 11.8 Å². The lowest BCUT2D eigenvalue weighted by molar-refractivity contribution is 0.600. The van der Waals surface area contributed by atoms with Crippen molar-refractivity contribution in [1.82, 2.24) is 0 Å². The van der Waals surface area contributed by atoms with Crippen molar-refractivity contribution in [2.75, 3.05) is 28.5 Å². The number of nitrogens with zero attached hydrogens (tertiary/aromatic N) is 1. The second kappa shape index (κ2) is 6.81. The fraction of sp³-hybridized carbons (Fsp3) is 0.538. The van der Waals surface area contributed by atoms with Crippen LogP contribution in [0.15, 0.2) is 29.2 Å². The third-order valence-corrected chi connectivity index (χ3v) is 9.80. The van der Waals surface area contributed by atoms with Crippen LogP contribution < -0.4 is 4.90 Å². The van der Waals surface area contributed by atoms with Crippen LogP contribution in [0, 0.1) is 0 Å². The molecule has 3 nitrogen and oxygen atoms in total. The molecule has 0 saturated carbocycles. The lowest BCUT2D eigenvalue weighted by Gasteiger charge is -2.16. The quantitative estimate of drug-likeness (QED) is 0.594. The van der Waals surface area contributed by atoms with E-state index in [0.29, 0.717) is 10.3 Å². The third kappa shape index (κ3) is 4.00. The first-order valence-electron chi connectivity index (χ1n) is 6.79. The summed E-state index contributed by atoms with van der Waals surface area (Å²) in [6, 6.07) is 8.55. The van der Waals surface area contributed by atoms with Gasteiger partial charge in [0.15, 0.2) is 9.84 Å². The summed E-state index contributed by atoms with van der Waals surface area (Å²) in [5.74, 6) is 2.16. The molecule has 0 aliphatic carbocycles. The Kier molecular flexibility index (Phi) is 5.35. The number of anilines is 1. The Morgan fingerprint density at radius 1 is 1.32 bits per heavy atom. The summed E-state index contributed by atoms with van der Waals surface area (Å²) < 4.78 is 24.3. The van der Waals surface area contributed by atoms with Crippen molar-refractivity contribution in [2.45, 2.75) is 24.3 Å². The Morgan fingerprint density at radius 3 is 2.63 bits per heavy atom. The Hall–Kier alpha value is -0.463. The minimum Gasteiger partial charge on any atom is -0.361 e. The molecule has 1 aromatic carbocycles. The molecule has 1 aliphatic rings. The van der Waals surface area contributed by atoms with Crippen molar-refractivity contribution >= 4 is 36.8 Å². The van der Waals surface area contributed by atoms with Gasteiger partial charge in [-0.3, -0.25) is 0 Å². The van der Waals surface area contributed by atoms with E-state index < -0.39 is 19.4 Å². The molecule has 1 aromatic rings. The van der Waals surface area contributed by atoms with Gasteiger partial charge in [0.25, 0.3) is 0 Å². The maximum atomic E-state index is 12.2. The molecule has 1 heterocycles. The van der Waals surface area contributed by atoms with Gasteiger partial charge < -0.3 is 4.90 Å². The number of benzene rings is 1. The van der Waals surface area contributed by atoms with Crippen LogP contribution in [0.5, 0.6) is 0 Å². The molecule has 0 N–H and O–H groups in total. The highest BCUT2D eigenvalue weighted by atomic mass is 32.2. The molecule has 0 atom stereocenters. The van der Waals surface area contributed by atoms with Gasteiger partial charge in [-0.1, -0.05) is 19.4 Å². The second-order valence-electron chi connectivity index (χ2n) is 4.82. The summed E-state index contributed by atoms with van der Waals surface area (Å²) in [5.41, 5.74) is 1.13. The first-order valence-corrected chi connectivity index (χ1v) is 11.6. The van der Waals surface area contributed by atoms with Crippen LogP contribution in [0.1, 0.15) is 13.3 Å². The summed E-state index contributed by atoms with van der Waals surface area (Å²) in [5, 5.41) is 0.403. The molecule has 1 saturated heterocycles. The second-order valence-corrected chi connectivity index (χ2v) is 10.6. The van der Waals surface area contributed by atoms with E-state index in [4.69, 9.17) is 0 Å². The predicted octanol–water partition coefficient (Wildman–Crippen LogP) is 1.93. The van der Waals surface area contributed by atoms with Crippen LogP contribution in [-0.4, -0.2) is 41.5 Å². The zero-order chi connectivity index (χ0) is 13.7. The van der Waals surface area contributed by atoms with Crippen molar-refractivity contribution in [3.63, 3.8) is 0 Å². The number of thioether (sulfide) groups is 1. The fourth-order valence-corrected chi connectivity index (χ4v) is 7.45. The van der Waals surface area contributed by atoms with Crippen molar-refractivity contribution in [3.05, 3.63) is 24.3 Å². The number of hydrogen-bond donors (Lipinski definition) is 0. The molecule has 106 valence electrons. The third-order valence-electron chi connectivity index (χ3n) is 3.33. The minimum atomic E-state index is -3.03. The van der Waals surface area contributed by atoms with Crippen molar-refractivity contribution in [1.29, 1.82) is 0 Å². The standard InChI is InChI=1S/C13H21NO2S2Si/c1-2-9-19-11-18(15,16)13-5-3-12(4-6-13)14-7-8-17-10-14/h3-6H,2,7-11,19H2,1H3. The van der Waals surface area contributed by atoms with Gasteiger partial charge in [0, 0.05) is 32.9 Å². The van der Waals surface area contributed by atoms with E-state index in [9.17, 15) is 8.42 Å². The molecule has 0 aromatic heterocycles. The summed E-state index contributed by atoms with van der Waals surface area (Å²) in [6.07, 6.45) is 1.10. The van der Waals surface area contributed by atoms with Crippen LogP contribution in [-0.2, 0) is 9.84 Å². The molecule has 2 rings (SSSR count).